The molecule has 2 heteroatoms. The molecule has 0 fully saturated rings. The first-order valence-electron chi connectivity index (χ1n) is 22.4. The molecule has 2 aliphatic rings. The number of para-hydroxylation sites is 1. The number of rotatable bonds is 6. The second kappa shape index (κ2) is 13.8. The van der Waals surface area contributed by atoms with Crippen LogP contribution in [0.2, 0.25) is 0 Å². The summed E-state index contributed by atoms with van der Waals surface area (Å²) in [5.74, 6) is 0. The molecule has 0 unspecified atom stereocenters. The normalized spacial score (nSPS) is 14.0. The molecule has 0 radical (unpaired) electrons. The SMILES string of the molecule is CC1(C)c2ccccc2-c2c(N(c3ccc(-c4ccccc4)cc3)c3ccc4c5ccccc5n(C5(c6ccc7ccccc7c6)c6ccccc6-c6ccccc65)c4c3)cccc21. The van der Waals surface area contributed by atoms with E-state index in [4.69, 9.17) is 0 Å². The molecule has 0 saturated heterocycles. The second-order valence-corrected chi connectivity index (χ2v) is 18.0. The molecule has 2 aliphatic carbocycles. The highest BCUT2D eigenvalue weighted by atomic mass is 15.2. The number of fused-ring (bicyclic) bond motifs is 10. The molecular formula is C62H44N2. The van der Waals surface area contributed by atoms with E-state index >= 15 is 0 Å². The zero-order valence-corrected chi connectivity index (χ0v) is 35.8. The largest absolute Gasteiger partial charge is 0.322 e. The van der Waals surface area contributed by atoms with Gasteiger partial charge in [-0.3, -0.25) is 0 Å². The Hall–Kier alpha value is -7.94. The van der Waals surface area contributed by atoms with Crippen LogP contribution in [0.4, 0.5) is 17.1 Å². The van der Waals surface area contributed by atoms with Gasteiger partial charge in [0.25, 0.3) is 0 Å². The summed E-state index contributed by atoms with van der Waals surface area (Å²) in [5, 5.41) is 4.93. The molecule has 1 heterocycles. The van der Waals surface area contributed by atoms with Crippen molar-refractivity contribution in [2.75, 3.05) is 4.90 Å². The molecule has 302 valence electrons. The monoisotopic (exact) mass is 816 g/mol. The predicted molar refractivity (Wildman–Crippen MR) is 268 cm³/mol. The van der Waals surface area contributed by atoms with Crippen LogP contribution in [0.15, 0.2) is 231 Å². The molecule has 1 aromatic heterocycles. The van der Waals surface area contributed by atoms with Gasteiger partial charge in [-0.1, -0.05) is 202 Å². The topological polar surface area (TPSA) is 8.17 Å². The fraction of sp³-hybridized carbons (Fsp3) is 0.0645. The number of aromatic nitrogens is 1. The Kier molecular flexibility index (Phi) is 7.90. The summed E-state index contributed by atoms with van der Waals surface area (Å²) in [6.45, 7) is 4.74. The van der Waals surface area contributed by atoms with Gasteiger partial charge in [0.15, 0.2) is 0 Å². The van der Waals surface area contributed by atoms with Gasteiger partial charge in [0.05, 0.1) is 16.7 Å². The van der Waals surface area contributed by atoms with E-state index in [-0.39, 0.29) is 5.41 Å². The minimum Gasteiger partial charge on any atom is -0.322 e. The number of hydrogen-bond acceptors (Lipinski definition) is 1. The fourth-order valence-corrected chi connectivity index (χ4v) is 11.5. The Balaban J connectivity index is 1.13. The van der Waals surface area contributed by atoms with Gasteiger partial charge in [-0.25, -0.2) is 0 Å². The zero-order chi connectivity index (χ0) is 42.6. The summed E-state index contributed by atoms with van der Waals surface area (Å²) < 4.78 is 2.68. The standard InChI is InChI=1S/C62H44N2/c1-61(2)53-25-12-10-24-52(53)60-56(61)28-16-30-58(60)63(46-35-32-43(33-36-46)41-17-4-3-5-18-41)47-37-38-51-50-23-11-15-29-57(50)64(59(51)40-47)62(45-34-31-42-19-6-7-20-44(42)39-45)54-26-13-8-21-48(54)49-22-9-14-27-55(49)62/h3-40H,1-2H3. The van der Waals surface area contributed by atoms with Crippen LogP contribution < -0.4 is 4.90 Å². The number of benzene rings is 10. The van der Waals surface area contributed by atoms with E-state index in [0.717, 1.165) is 11.4 Å². The molecule has 13 rings (SSSR count). The van der Waals surface area contributed by atoms with Crippen LogP contribution in [0, 0.1) is 0 Å². The molecule has 0 saturated carbocycles. The van der Waals surface area contributed by atoms with Crippen molar-refractivity contribution >= 4 is 49.6 Å². The van der Waals surface area contributed by atoms with E-state index in [9.17, 15) is 0 Å². The smallest absolute Gasteiger partial charge is 0.122 e. The first-order chi connectivity index (χ1) is 31.5. The molecule has 0 spiro atoms. The molecule has 11 aromatic rings. The zero-order valence-electron chi connectivity index (χ0n) is 35.8. The van der Waals surface area contributed by atoms with Crippen molar-refractivity contribution in [2.24, 2.45) is 0 Å². The van der Waals surface area contributed by atoms with E-state index in [0.29, 0.717) is 0 Å². The van der Waals surface area contributed by atoms with Crippen LogP contribution in [0.25, 0.3) is 66.0 Å². The number of nitrogens with zero attached hydrogens (tertiary/aromatic N) is 2. The summed E-state index contributed by atoms with van der Waals surface area (Å²) >= 11 is 0. The summed E-state index contributed by atoms with van der Waals surface area (Å²) in [6.07, 6.45) is 0. The fourth-order valence-electron chi connectivity index (χ4n) is 11.5. The van der Waals surface area contributed by atoms with Gasteiger partial charge in [0.2, 0.25) is 0 Å². The van der Waals surface area contributed by atoms with Crippen molar-refractivity contribution in [3.05, 3.63) is 258 Å². The van der Waals surface area contributed by atoms with E-state index in [1.54, 1.807) is 0 Å². The lowest BCUT2D eigenvalue weighted by Crippen LogP contribution is -2.35. The van der Waals surface area contributed by atoms with Gasteiger partial charge in [0, 0.05) is 33.1 Å². The average molecular weight is 817 g/mol. The van der Waals surface area contributed by atoms with Crippen molar-refractivity contribution in [1.82, 2.24) is 4.57 Å². The van der Waals surface area contributed by atoms with Gasteiger partial charge >= 0.3 is 0 Å². The van der Waals surface area contributed by atoms with Crippen LogP contribution in [-0.2, 0) is 11.0 Å². The highest BCUT2D eigenvalue weighted by Crippen LogP contribution is 2.58. The molecule has 0 bridgehead atoms. The number of anilines is 3. The van der Waals surface area contributed by atoms with E-state index < -0.39 is 5.54 Å². The average Bonchev–Trinajstić information content (AvgIpc) is 3.93. The molecule has 2 nitrogen and oxygen atoms in total. The Bertz CT molecular complexity index is 3600. The first-order valence-corrected chi connectivity index (χ1v) is 22.4. The lowest BCUT2D eigenvalue weighted by atomic mass is 9.79. The van der Waals surface area contributed by atoms with Crippen molar-refractivity contribution in [3.8, 4) is 33.4 Å². The van der Waals surface area contributed by atoms with E-state index in [1.807, 2.05) is 0 Å². The van der Waals surface area contributed by atoms with Crippen LogP contribution in [0.3, 0.4) is 0 Å². The summed E-state index contributed by atoms with van der Waals surface area (Å²) in [6, 6.07) is 86.0. The van der Waals surface area contributed by atoms with E-state index in [2.05, 4.69) is 254 Å². The minimum atomic E-state index is -0.684. The molecule has 0 amide bonds. The van der Waals surface area contributed by atoms with Crippen molar-refractivity contribution < 1.29 is 0 Å². The Morgan fingerprint density at radius 2 is 0.953 bits per heavy atom. The molecule has 0 atom stereocenters. The van der Waals surface area contributed by atoms with Crippen LogP contribution in [-0.4, -0.2) is 4.57 Å². The molecule has 10 aromatic carbocycles. The molecule has 0 N–H and O–H groups in total. The summed E-state index contributed by atoms with van der Waals surface area (Å²) in [5.41, 5.74) is 19.0. The Morgan fingerprint density at radius 3 is 1.72 bits per heavy atom. The van der Waals surface area contributed by atoms with E-state index in [1.165, 1.54) is 99.5 Å². The first kappa shape index (κ1) is 36.7. The van der Waals surface area contributed by atoms with Crippen LogP contribution in [0.1, 0.15) is 41.7 Å². The van der Waals surface area contributed by atoms with Gasteiger partial charge in [-0.2, -0.15) is 0 Å². The minimum absolute atomic E-state index is 0.142. The summed E-state index contributed by atoms with van der Waals surface area (Å²) in [4.78, 5) is 2.51. The third-order valence-electron chi connectivity index (χ3n) is 14.4. The third kappa shape index (κ3) is 5.08. The Morgan fingerprint density at radius 1 is 0.375 bits per heavy atom. The number of hydrogen-bond donors (Lipinski definition) is 0. The maximum atomic E-state index is 2.68. The van der Waals surface area contributed by atoms with Crippen molar-refractivity contribution in [3.63, 3.8) is 0 Å². The third-order valence-corrected chi connectivity index (χ3v) is 14.4. The van der Waals surface area contributed by atoms with Crippen molar-refractivity contribution in [2.45, 2.75) is 24.8 Å². The van der Waals surface area contributed by atoms with Gasteiger partial charge in [-0.05, 0) is 109 Å². The quantitative estimate of drug-likeness (QED) is 0.162. The van der Waals surface area contributed by atoms with Crippen LogP contribution >= 0.6 is 0 Å². The van der Waals surface area contributed by atoms with Crippen LogP contribution in [0.5, 0.6) is 0 Å². The highest BCUT2D eigenvalue weighted by molar-refractivity contribution is 6.11. The Labute approximate surface area is 374 Å². The molecular weight excluding hydrogens is 773 g/mol. The predicted octanol–water partition coefficient (Wildman–Crippen LogP) is 16.2. The maximum absolute atomic E-state index is 2.68. The second-order valence-electron chi connectivity index (χ2n) is 18.0. The molecule has 0 aliphatic heterocycles. The van der Waals surface area contributed by atoms with Gasteiger partial charge in [-0.15, -0.1) is 0 Å². The molecule has 64 heavy (non-hydrogen) atoms. The van der Waals surface area contributed by atoms with Gasteiger partial charge < -0.3 is 9.47 Å². The lowest BCUT2D eigenvalue weighted by molar-refractivity contribution is 0.564. The highest BCUT2D eigenvalue weighted by Gasteiger charge is 2.48. The van der Waals surface area contributed by atoms with Gasteiger partial charge in [0.1, 0.15) is 5.54 Å². The van der Waals surface area contributed by atoms with Crippen molar-refractivity contribution in [1.29, 1.82) is 0 Å². The maximum Gasteiger partial charge on any atom is 0.122 e. The summed E-state index contributed by atoms with van der Waals surface area (Å²) in [7, 11) is 0. The lowest BCUT2D eigenvalue weighted by Gasteiger charge is -2.37.